The Kier molecular flexibility index (Phi) is 6.81. The van der Waals surface area contributed by atoms with Crippen LogP contribution in [0.25, 0.3) is 0 Å². The van der Waals surface area contributed by atoms with Gasteiger partial charge in [-0.25, -0.2) is 26.7 Å². The topological polar surface area (TPSA) is 38.7 Å². The number of hydrogen-bond acceptors (Lipinski definition) is 3. The Morgan fingerprint density at radius 1 is 0.963 bits per heavy atom. The van der Waals surface area contributed by atoms with Gasteiger partial charge in [0.15, 0.2) is 23.3 Å². The highest BCUT2D eigenvalue weighted by Gasteiger charge is 2.31. The van der Waals surface area contributed by atoms with Crippen molar-refractivity contribution in [2.24, 2.45) is 5.16 Å². The van der Waals surface area contributed by atoms with E-state index in [9.17, 15) is 26.7 Å². The largest absolute Gasteiger partial charge is 0.371 e. The molecular weight excluding hydrogens is 369 g/mol. The molecule has 142 valence electrons. The van der Waals surface area contributed by atoms with E-state index in [1.807, 2.05) is 13.0 Å². The van der Waals surface area contributed by atoms with Crippen LogP contribution in [0.15, 0.2) is 47.6 Å². The van der Waals surface area contributed by atoms with Crippen LogP contribution in [-0.4, -0.2) is 11.7 Å². The number of oxime groups is 1. The van der Waals surface area contributed by atoms with Gasteiger partial charge in [-0.3, -0.25) is 0 Å². The van der Waals surface area contributed by atoms with Gasteiger partial charge in [0.25, 0.3) is 0 Å². The van der Waals surface area contributed by atoms with Gasteiger partial charge in [-0.2, -0.15) is 0 Å². The molecule has 0 aliphatic carbocycles. The molecule has 0 saturated heterocycles. The van der Waals surface area contributed by atoms with Crippen LogP contribution in [0.5, 0.6) is 0 Å². The zero-order chi connectivity index (χ0) is 20.0. The van der Waals surface area contributed by atoms with Crippen LogP contribution >= 0.6 is 0 Å². The standard InChI is InChI=1S/C19H14F5NO2/c1-2-3-5-10-12(11-8-6-4-7-9-11)25-27-19(26)13-14(20)16(22)18(24)17(23)15(13)21/h2-4,6-9H,5,10H2,1H3/b3-2-,25-12-. The maximum absolute atomic E-state index is 13.7. The molecule has 2 rings (SSSR count). The van der Waals surface area contributed by atoms with Crippen molar-refractivity contribution in [2.75, 3.05) is 0 Å². The molecule has 27 heavy (non-hydrogen) atoms. The van der Waals surface area contributed by atoms with Gasteiger partial charge in [-0.15, -0.1) is 0 Å². The van der Waals surface area contributed by atoms with Crippen LogP contribution in [0.1, 0.15) is 35.7 Å². The molecule has 0 saturated carbocycles. The van der Waals surface area contributed by atoms with E-state index in [0.717, 1.165) is 0 Å². The van der Waals surface area contributed by atoms with E-state index in [-0.39, 0.29) is 5.71 Å². The summed E-state index contributed by atoms with van der Waals surface area (Å²) < 4.78 is 66.8. The zero-order valence-electron chi connectivity index (χ0n) is 14.1. The lowest BCUT2D eigenvalue weighted by molar-refractivity contribution is 0.0501. The summed E-state index contributed by atoms with van der Waals surface area (Å²) in [4.78, 5) is 16.4. The number of halogens is 5. The summed E-state index contributed by atoms with van der Waals surface area (Å²) in [6, 6.07) is 8.48. The Bertz CT molecular complexity index is 866. The number of nitrogens with zero attached hydrogens (tertiary/aromatic N) is 1. The molecule has 0 bridgehead atoms. The number of hydrogen-bond donors (Lipinski definition) is 0. The third-order valence-electron chi connectivity index (χ3n) is 3.54. The van der Waals surface area contributed by atoms with Gasteiger partial charge in [0.1, 0.15) is 5.56 Å². The van der Waals surface area contributed by atoms with Gasteiger partial charge in [0, 0.05) is 0 Å². The van der Waals surface area contributed by atoms with Crippen LogP contribution in [0.3, 0.4) is 0 Å². The van der Waals surface area contributed by atoms with Gasteiger partial charge in [-0.1, -0.05) is 47.6 Å². The molecule has 0 fully saturated rings. The second-order valence-corrected chi connectivity index (χ2v) is 5.34. The summed E-state index contributed by atoms with van der Waals surface area (Å²) in [6.45, 7) is 1.81. The average molecular weight is 383 g/mol. The zero-order valence-corrected chi connectivity index (χ0v) is 14.1. The van der Waals surface area contributed by atoms with Crippen molar-refractivity contribution in [3.8, 4) is 0 Å². The van der Waals surface area contributed by atoms with Crippen LogP contribution in [0.2, 0.25) is 0 Å². The Morgan fingerprint density at radius 3 is 2.07 bits per heavy atom. The first-order chi connectivity index (χ1) is 12.9. The van der Waals surface area contributed by atoms with E-state index in [4.69, 9.17) is 0 Å². The molecule has 2 aromatic carbocycles. The van der Waals surface area contributed by atoms with E-state index in [0.29, 0.717) is 18.4 Å². The number of carbonyl (C=O) groups is 1. The Labute approximate surface area is 151 Å². The Morgan fingerprint density at radius 2 is 1.52 bits per heavy atom. The third kappa shape index (κ3) is 4.58. The number of allylic oxidation sites excluding steroid dienone is 2. The Hall–Kier alpha value is -3.03. The molecule has 0 amide bonds. The second kappa shape index (κ2) is 9.07. The minimum Gasteiger partial charge on any atom is -0.312 e. The second-order valence-electron chi connectivity index (χ2n) is 5.34. The summed E-state index contributed by atoms with van der Waals surface area (Å²) >= 11 is 0. The molecule has 0 heterocycles. The fourth-order valence-corrected chi connectivity index (χ4v) is 2.19. The monoisotopic (exact) mass is 383 g/mol. The molecule has 0 radical (unpaired) electrons. The molecule has 0 atom stereocenters. The molecule has 3 nitrogen and oxygen atoms in total. The smallest absolute Gasteiger partial charge is 0.312 e. The van der Waals surface area contributed by atoms with Crippen molar-refractivity contribution in [1.29, 1.82) is 0 Å². The minimum atomic E-state index is -2.36. The number of carbonyl (C=O) groups excluding carboxylic acids is 1. The fourth-order valence-electron chi connectivity index (χ4n) is 2.19. The van der Waals surface area contributed by atoms with Crippen LogP contribution in [0.4, 0.5) is 22.0 Å². The quantitative estimate of drug-likeness (QED) is 0.129. The first-order valence-electron chi connectivity index (χ1n) is 7.84. The lowest BCUT2D eigenvalue weighted by Gasteiger charge is -2.07. The summed E-state index contributed by atoms with van der Waals surface area (Å²) in [5.41, 5.74) is -0.853. The van der Waals surface area contributed by atoms with Gasteiger partial charge in [0.2, 0.25) is 5.82 Å². The average Bonchev–Trinajstić information content (AvgIpc) is 2.68. The molecule has 0 aromatic heterocycles. The highest BCUT2D eigenvalue weighted by Crippen LogP contribution is 2.23. The summed E-state index contributed by atoms with van der Waals surface area (Å²) in [5, 5.41) is 3.57. The predicted octanol–water partition coefficient (Wildman–Crippen LogP) is 5.30. The molecule has 8 heteroatoms. The van der Waals surface area contributed by atoms with Crippen molar-refractivity contribution >= 4 is 11.7 Å². The lowest BCUT2D eigenvalue weighted by atomic mass is 10.1. The highest BCUT2D eigenvalue weighted by atomic mass is 19.2. The van der Waals surface area contributed by atoms with Crippen molar-refractivity contribution in [2.45, 2.75) is 19.8 Å². The first-order valence-corrected chi connectivity index (χ1v) is 7.84. The van der Waals surface area contributed by atoms with E-state index in [1.54, 1.807) is 36.4 Å². The maximum Gasteiger partial charge on any atom is 0.371 e. The van der Waals surface area contributed by atoms with Gasteiger partial charge < -0.3 is 4.84 Å². The molecule has 2 aromatic rings. The van der Waals surface area contributed by atoms with E-state index < -0.39 is 40.6 Å². The maximum atomic E-state index is 13.7. The van der Waals surface area contributed by atoms with Gasteiger partial charge in [-0.05, 0) is 25.3 Å². The van der Waals surface area contributed by atoms with E-state index >= 15 is 0 Å². The third-order valence-corrected chi connectivity index (χ3v) is 3.54. The van der Waals surface area contributed by atoms with Crippen LogP contribution < -0.4 is 0 Å². The Balaban J connectivity index is 2.34. The molecular formula is C19H14F5NO2. The minimum absolute atomic E-state index is 0.269. The van der Waals surface area contributed by atoms with Crippen molar-refractivity contribution in [3.63, 3.8) is 0 Å². The summed E-state index contributed by atoms with van der Waals surface area (Å²) in [6.07, 6.45) is 4.47. The SMILES string of the molecule is C/C=C\CC/C(=N/OC(=O)c1c(F)c(F)c(F)c(F)c1F)c1ccccc1. The van der Waals surface area contributed by atoms with Gasteiger partial charge in [0.05, 0.1) is 5.71 Å². The summed E-state index contributed by atoms with van der Waals surface area (Å²) in [5.74, 6) is -13.2. The van der Waals surface area contributed by atoms with Crippen molar-refractivity contribution < 1.29 is 31.6 Å². The lowest BCUT2D eigenvalue weighted by Crippen LogP contribution is -2.14. The first kappa shape index (κ1) is 20.3. The van der Waals surface area contributed by atoms with Crippen molar-refractivity contribution in [1.82, 2.24) is 0 Å². The van der Waals surface area contributed by atoms with Crippen LogP contribution in [-0.2, 0) is 4.84 Å². The molecule has 0 N–H and O–H groups in total. The van der Waals surface area contributed by atoms with E-state index in [2.05, 4.69) is 9.99 Å². The summed E-state index contributed by atoms with van der Waals surface area (Å²) in [7, 11) is 0. The predicted molar refractivity (Wildman–Crippen MR) is 88.7 cm³/mol. The molecule has 0 aliphatic rings. The molecule has 0 spiro atoms. The number of benzene rings is 2. The number of rotatable bonds is 6. The van der Waals surface area contributed by atoms with Crippen LogP contribution in [0, 0.1) is 29.1 Å². The highest BCUT2D eigenvalue weighted by molar-refractivity contribution is 6.01. The molecule has 0 unspecified atom stereocenters. The normalized spacial score (nSPS) is 11.9. The molecule has 0 aliphatic heterocycles. The van der Waals surface area contributed by atoms with Crippen molar-refractivity contribution in [3.05, 3.63) is 82.7 Å². The fraction of sp³-hybridized carbons (Fsp3) is 0.158. The van der Waals surface area contributed by atoms with E-state index in [1.165, 1.54) is 0 Å². The van der Waals surface area contributed by atoms with Gasteiger partial charge >= 0.3 is 5.97 Å².